The lowest BCUT2D eigenvalue weighted by molar-refractivity contribution is -0.120. The number of rotatable bonds is 9. The molecular weight excluding hydrogens is 610 g/mol. The van der Waals surface area contributed by atoms with E-state index in [9.17, 15) is 14.4 Å². The van der Waals surface area contributed by atoms with E-state index in [0.29, 0.717) is 37.1 Å². The highest BCUT2D eigenvalue weighted by molar-refractivity contribution is 9.11. The van der Waals surface area contributed by atoms with E-state index < -0.39 is 17.8 Å². The summed E-state index contributed by atoms with van der Waals surface area (Å²) in [6.45, 7) is 1.56. The second-order valence-electron chi connectivity index (χ2n) is 7.61. The molecule has 0 spiro atoms. The van der Waals surface area contributed by atoms with Gasteiger partial charge in [-0.25, -0.2) is 10.2 Å². The Labute approximate surface area is 230 Å². The second kappa shape index (κ2) is 13.0. The Balaban J connectivity index is 1.64. The second-order valence-corrected chi connectivity index (χ2v) is 9.38. The molecule has 2 N–H and O–H groups in total. The number of nitrogens with one attached hydrogen (secondary N) is 2. The molecule has 0 bridgehead atoms. The van der Waals surface area contributed by atoms with Crippen LogP contribution in [0.5, 0.6) is 17.2 Å². The Bertz CT molecular complexity index is 1360. The van der Waals surface area contributed by atoms with Gasteiger partial charge >= 0.3 is 5.97 Å². The molecule has 0 aliphatic rings. The highest BCUT2D eigenvalue weighted by atomic mass is 79.9. The molecule has 2 amide bonds. The maximum absolute atomic E-state index is 12.7. The monoisotopic (exact) mass is 631 g/mol. The number of hydrazone groups is 1. The lowest BCUT2D eigenvalue weighted by Gasteiger charge is -2.11. The van der Waals surface area contributed by atoms with Crippen LogP contribution < -0.4 is 25.0 Å². The number of carbonyl (C=O) groups excluding carboxylic acids is 3. The first kappa shape index (κ1) is 27.9. The molecule has 0 saturated heterocycles. The van der Waals surface area contributed by atoms with Crippen LogP contribution in [0.25, 0.3) is 0 Å². The first-order valence-corrected chi connectivity index (χ1v) is 12.4. The van der Waals surface area contributed by atoms with Crippen molar-refractivity contribution in [2.45, 2.75) is 6.92 Å². The highest BCUT2D eigenvalue weighted by Crippen LogP contribution is 2.33. The van der Waals surface area contributed by atoms with Crippen LogP contribution in [0.3, 0.4) is 0 Å². The summed E-state index contributed by atoms with van der Waals surface area (Å²) in [5.74, 6) is -0.464. The number of benzene rings is 3. The van der Waals surface area contributed by atoms with E-state index in [0.717, 1.165) is 5.56 Å². The topological polar surface area (TPSA) is 115 Å². The van der Waals surface area contributed by atoms with E-state index >= 15 is 0 Å². The molecule has 0 aliphatic heterocycles. The van der Waals surface area contributed by atoms with Gasteiger partial charge in [0, 0.05) is 15.6 Å². The normalized spacial score (nSPS) is 10.6. The minimum Gasteiger partial charge on any atom is -0.493 e. The van der Waals surface area contributed by atoms with Gasteiger partial charge < -0.3 is 19.5 Å². The molecule has 3 aromatic rings. The molecule has 11 heteroatoms. The van der Waals surface area contributed by atoms with Crippen LogP contribution in [-0.4, -0.2) is 44.8 Å². The molecule has 0 heterocycles. The average Bonchev–Trinajstić information content (AvgIpc) is 2.88. The molecular formula is C26H23Br2N3O6. The number of hydrogen-bond acceptors (Lipinski definition) is 7. The number of hydrogen-bond donors (Lipinski definition) is 2. The smallest absolute Gasteiger partial charge is 0.343 e. The standard InChI is InChI=1S/C26H23Br2N3O6/c1-15-5-4-6-17(9-15)26(34)37-24-18(10-19(27)12-20(24)28)13-30-31-23(32)14-29-25(33)16-7-8-21(35-2)22(11-16)36-3/h4-13H,14H2,1-3H3,(H,29,33)(H,31,32)/b30-13+. The highest BCUT2D eigenvalue weighted by Gasteiger charge is 2.16. The minimum atomic E-state index is -0.558. The largest absolute Gasteiger partial charge is 0.493 e. The summed E-state index contributed by atoms with van der Waals surface area (Å²) < 4.78 is 17.2. The molecule has 3 aromatic carbocycles. The van der Waals surface area contributed by atoms with Gasteiger partial charge in [0.15, 0.2) is 17.2 Å². The van der Waals surface area contributed by atoms with Crippen molar-refractivity contribution in [3.05, 3.63) is 85.8 Å². The number of amides is 2. The average molecular weight is 633 g/mol. The molecule has 0 fully saturated rings. The van der Waals surface area contributed by atoms with Crippen molar-refractivity contribution in [1.29, 1.82) is 0 Å². The maximum Gasteiger partial charge on any atom is 0.343 e. The van der Waals surface area contributed by atoms with E-state index in [2.05, 4.69) is 47.7 Å². The number of aryl methyl sites for hydroxylation is 1. The lowest BCUT2D eigenvalue weighted by Crippen LogP contribution is -2.34. The zero-order chi connectivity index (χ0) is 26.9. The fourth-order valence-electron chi connectivity index (χ4n) is 3.16. The fourth-order valence-corrected chi connectivity index (χ4v) is 4.50. The number of methoxy groups -OCH3 is 2. The van der Waals surface area contributed by atoms with E-state index in [-0.39, 0.29) is 12.3 Å². The van der Waals surface area contributed by atoms with Gasteiger partial charge in [-0.2, -0.15) is 5.10 Å². The lowest BCUT2D eigenvalue weighted by atomic mass is 10.1. The quantitative estimate of drug-likeness (QED) is 0.154. The Morgan fingerprint density at radius 3 is 2.41 bits per heavy atom. The van der Waals surface area contributed by atoms with Gasteiger partial charge in [0.25, 0.3) is 11.8 Å². The van der Waals surface area contributed by atoms with Crippen LogP contribution in [-0.2, 0) is 4.79 Å². The Hall–Kier alpha value is -3.70. The summed E-state index contributed by atoms with van der Waals surface area (Å²) in [6, 6.07) is 15.1. The van der Waals surface area contributed by atoms with Gasteiger partial charge in [-0.05, 0) is 65.3 Å². The number of carbonyl (C=O) groups is 3. The van der Waals surface area contributed by atoms with Gasteiger partial charge in [0.2, 0.25) is 0 Å². The number of ether oxygens (including phenoxy) is 3. The van der Waals surface area contributed by atoms with E-state index in [1.165, 1.54) is 26.5 Å². The summed E-state index contributed by atoms with van der Waals surface area (Å²) in [5, 5.41) is 6.44. The number of halogens is 2. The van der Waals surface area contributed by atoms with Crippen LogP contribution in [0.2, 0.25) is 0 Å². The SMILES string of the molecule is COc1ccc(C(=O)NCC(=O)N/N=C/c2cc(Br)cc(Br)c2OC(=O)c2cccc(C)c2)cc1OC. The van der Waals surface area contributed by atoms with Crippen molar-refractivity contribution in [3.63, 3.8) is 0 Å². The van der Waals surface area contributed by atoms with E-state index in [1.54, 1.807) is 42.5 Å². The third-order valence-corrected chi connectivity index (χ3v) is 5.98. The molecule has 3 rings (SSSR count). The number of esters is 1. The maximum atomic E-state index is 12.7. The zero-order valence-electron chi connectivity index (χ0n) is 20.1. The molecule has 0 aromatic heterocycles. The molecule has 0 saturated carbocycles. The Kier molecular flexibility index (Phi) is 9.81. The first-order valence-electron chi connectivity index (χ1n) is 10.8. The predicted molar refractivity (Wildman–Crippen MR) is 146 cm³/mol. The van der Waals surface area contributed by atoms with E-state index in [4.69, 9.17) is 14.2 Å². The van der Waals surface area contributed by atoms with Crippen LogP contribution in [0.15, 0.2) is 68.6 Å². The van der Waals surface area contributed by atoms with Crippen molar-refractivity contribution in [3.8, 4) is 17.2 Å². The van der Waals surface area contributed by atoms with Gasteiger partial charge in [-0.1, -0.05) is 33.6 Å². The summed E-state index contributed by atoms with van der Waals surface area (Å²) in [4.78, 5) is 37.3. The third-order valence-electron chi connectivity index (χ3n) is 4.93. The van der Waals surface area contributed by atoms with Crippen LogP contribution in [0.1, 0.15) is 31.8 Å². The summed E-state index contributed by atoms with van der Waals surface area (Å²) in [6.07, 6.45) is 1.34. The van der Waals surface area contributed by atoms with Crippen molar-refractivity contribution in [1.82, 2.24) is 10.7 Å². The molecule has 0 atom stereocenters. The molecule has 37 heavy (non-hydrogen) atoms. The number of nitrogens with zero attached hydrogens (tertiary/aromatic N) is 1. The molecule has 192 valence electrons. The van der Waals surface area contributed by atoms with Crippen LogP contribution in [0, 0.1) is 6.92 Å². The van der Waals surface area contributed by atoms with Gasteiger partial charge in [-0.3, -0.25) is 9.59 Å². The fraction of sp³-hybridized carbons (Fsp3) is 0.154. The Morgan fingerprint density at radius 1 is 0.946 bits per heavy atom. The van der Waals surface area contributed by atoms with Crippen LogP contribution in [0.4, 0.5) is 0 Å². The third kappa shape index (κ3) is 7.64. The zero-order valence-corrected chi connectivity index (χ0v) is 23.3. The predicted octanol–water partition coefficient (Wildman–Crippen LogP) is 4.64. The minimum absolute atomic E-state index is 0.231. The molecule has 0 radical (unpaired) electrons. The molecule has 9 nitrogen and oxygen atoms in total. The molecule has 0 aliphatic carbocycles. The summed E-state index contributed by atoms with van der Waals surface area (Å²) in [5.41, 5.74) is 4.39. The summed E-state index contributed by atoms with van der Waals surface area (Å²) in [7, 11) is 2.95. The van der Waals surface area contributed by atoms with Gasteiger partial charge in [0.05, 0.1) is 37.0 Å². The van der Waals surface area contributed by atoms with Crippen molar-refractivity contribution in [2.24, 2.45) is 5.10 Å². The summed E-state index contributed by atoms with van der Waals surface area (Å²) >= 11 is 6.78. The Morgan fingerprint density at radius 2 is 1.70 bits per heavy atom. The van der Waals surface area contributed by atoms with Crippen molar-refractivity contribution < 1.29 is 28.6 Å². The van der Waals surface area contributed by atoms with Gasteiger partial charge in [0.1, 0.15) is 0 Å². The molecule has 0 unspecified atom stereocenters. The first-order chi connectivity index (χ1) is 17.7. The van der Waals surface area contributed by atoms with Crippen molar-refractivity contribution in [2.75, 3.05) is 20.8 Å². The van der Waals surface area contributed by atoms with Crippen LogP contribution >= 0.6 is 31.9 Å². The van der Waals surface area contributed by atoms with Gasteiger partial charge in [-0.15, -0.1) is 0 Å². The van der Waals surface area contributed by atoms with E-state index in [1.807, 2.05) is 13.0 Å². The van der Waals surface area contributed by atoms with Crippen molar-refractivity contribution >= 4 is 55.9 Å².